The first-order valence-corrected chi connectivity index (χ1v) is 8.01. The van der Waals surface area contributed by atoms with Gasteiger partial charge in [0.25, 0.3) is 0 Å². The predicted molar refractivity (Wildman–Crippen MR) is 86.0 cm³/mol. The van der Waals surface area contributed by atoms with Crippen molar-refractivity contribution >= 4 is 23.1 Å². The number of aryl methyl sites for hydroxylation is 1. The normalized spacial score (nSPS) is 18.2. The number of anilines is 2. The fourth-order valence-corrected chi connectivity index (χ4v) is 3.46. The van der Waals surface area contributed by atoms with Crippen LogP contribution in [0.5, 0.6) is 0 Å². The minimum absolute atomic E-state index is 0.241. The van der Waals surface area contributed by atoms with Gasteiger partial charge in [-0.05, 0) is 36.4 Å². The first-order chi connectivity index (χ1) is 10.1. The fourth-order valence-electron chi connectivity index (χ4n) is 2.50. The van der Waals surface area contributed by atoms with Crippen LogP contribution >= 0.6 is 11.3 Å². The Balaban J connectivity index is 1.74. The van der Waals surface area contributed by atoms with Crippen LogP contribution in [0.2, 0.25) is 0 Å². The summed E-state index contributed by atoms with van der Waals surface area (Å²) in [5, 5.41) is 11.8. The minimum atomic E-state index is -0.241. The highest BCUT2D eigenvalue weighted by Gasteiger charge is 2.22. The van der Waals surface area contributed by atoms with Gasteiger partial charge in [-0.1, -0.05) is 0 Å². The van der Waals surface area contributed by atoms with E-state index < -0.39 is 0 Å². The third-order valence-electron chi connectivity index (χ3n) is 3.81. The second kappa shape index (κ2) is 5.99. The molecule has 1 N–H and O–H groups in total. The van der Waals surface area contributed by atoms with E-state index in [2.05, 4.69) is 38.1 Å². The molecule has 3 heterocycles. The summed E-state index contributed by atoms with van der Waals surface area (Å²) in [5.41, 5.74) is 1.31. The van der Waals surface area contributed by atoms with Gasteiger partial charge in [-0.3, -0.25) is 0 Å². The number of aromatic nitrogens is 2. The third kappa shape index (κ3) is 3.16. The number of aliphatic hydroxyl groups is 1. The van der Waals surface area contributed by atoms with Gasteiger partial charge in [-0.25, -0.2) is 4.98 Å². The number of β-amino-alcohol motifs (C(OH)–C–C–N with tert-alkyl or cyclic N) is 1. The number of thiophene rings is 1. The molecular formula is C15H20N4OS. The topological polar surface area (TPSA) is 52.5 Å². The summed E-state index contributed by atoms with van der Waals surface area (Å²) in [7, 11) is 2.01. The van der Waals surface area contributed by atoms with Crippen LogP contribution in [-0.4, -0.2) is 41.3 Å². The molecule has 2 aromatic rings. The summed E-state index contributed by atoms with van der Waals surface area (Å²) < 4.78 is 0. The maximum Gasteiger partial charge on any atom is 0.227 e. The molecule has 112 valence electrons. The molecule has 0 amide bonds. The van der Waals surface area contributed by atoms with Gasteiger partial charge in [-0.2, -0.15) is 4.98 Å². The monoisotopic (exact) mass is 304 g/mol. The van der Waals surface area contributed by atoms with E-state index in [1.54, 1.807) is 17.5 Å². The van der Waals surface area contributed by atoms with Gasteiger partial charge in [0.2, 0.25) is 5.95 Å². The molecule has 0 aliphatic carbocycles. The average molecular weight is 304 g/mol. The summed E-state index contributed by atoms with van der Waals surface area (Å²) in [6.45, 7) is 4.45. The van der Waals surface area contributed by atoms with Gasteiger partial charge in [0.05, 0.1) is 12.6 Å². The number of rotatable bonds is 4. The molecule has 1 aliphatic rings. The van der Waals surface area contributed by atoms with Crippen molar-refractivity contribution in [3.63, 3.8) is 0 Å². The molecule has 0 spiro atoms. The molecule has 1 atom stereocenters. The van der Waals surface area contributed by atoms with Crippen molar-refractivity contribution < 1.29 is 5.11 Å². The van der Waals surface area contributed by atoms with Crippen molar-refractivity contribution in [3.8, 4) is 0 Å². The molecule has 3 rings (SSSR count). The number of hydrogen-bond acceptors (Lipinski definition) is 6. The average Bonchev–Trinajstić information content (AvgIpc) is 3.08. The lowest BCUT2D eigenvalue weighted by molar-refractivity contribution is 0.198. The van der Waals surface area contributed by atoms with E-state index in [0.717, 1.165) is 31.3 Å². The first-order valence-electron chi connectivity index (χ1n) is 7.13. The molecule has 1 aliphatic heterocycles. The molecule has 0 aromatic carbocycles. The molecule has 6 heteroatoms. The lowest BCUT2D eigenvalue weighted by atomic mass is 10.3. The van der Waals surface area contributed by atoms with Crippen molar-refractivity contribution in [1.82, 2.24) is 9.97 Å². The van der Waals surface area contributed by atoms with Crippen LogP contribution in [-0.2, 0) is 6.54 Å². The van der Waals surface area contributed by atoms with Crippen LogP contribution in [0.4, 0.5) is 11.8 Å². The molecule has 0 radical (unpaired) electrons. The Hall–Kier alpha value is -1.66. The molecule has 0 unspecified atom stereocenters. The van der Waals surface area contributed by atoms with E-state index in [9.17, 15) is 5.11 Å². The Morgan fingerprint density at radius 2 is 2.33 bits per heavy atom. The Morgan fingerprint density at radius 1 is 1.48 bits per heavy atom. The third-order valence-corrected chi connectivity index (χ3v) is 4.81. The number of hydrogen-bond donors (Lipinski definition) is 1. The molecular weight excluding hydrogens is 284 g/mol. The molecule has 1 saturated heterocycles. The summed E-state index contributed by atoms with van der Waals surface area (Å²) in [4.78, 5) is 14.5. The van der Waals surface area contributed by atoms with Crippen LogP contribution in [0.25, 0.3) is 0 Å². The van der Waals surface area contributed by atoms with Crippen molar-refractivity contribution in [2.45, 2.75) is 26.0 Å². The van der Waals surface area contributed by atoms with Gasteiger partial charge in [0, 0.05) is 31.2 Å². The van der Waals surface area contributed by atoms with Gasteiger partial charge in [0.15, 0.2) is 0 Å². The van der Waals surface area contributed by atoms with E-state index in [1.807, 2.05) is 13.1 Å². The molecule has 0 saturated carbocycles. The van der Waals surface area contributed by atoms with Crippen molar-refractivity contribution in [2.75, 3.05) is 29.9 Å². The van der Waals surface area contributed by atoms with Gasteiger partial charge in [-0.15, -0.1) is 11.3 Å². The molecule has 2 aromatic heterocycles. The predicted octanol–water partition coefficient (Wildman–Crippen LogP) is 2.05. The van der Waals surface area contributed by atoms with Crippen molar-refractivity contribution in [2.24, 2.45) is 0 Å². The van der Waals surface area contributed by atoms with Gasteiger partial charge >= 0.3 is 0 Å². The Labute approximate surface area is 128 Å². The van der Waals surface area contributed by atoms with Crippen LogP contribution < -0.4 is 9.80 Å². The quantitative estimate of drug-likeness (QED) is 0.937. The second-order valence-electron chi connectivity index (χ2n) is 5.49. The first kappa shape index (κ1) is 14.3. The highest BCUT2D eigenvalue weighted by molar-refractivity contribution is 7.10. The van der Waals surface area contributed by atoms with Crippen LogP contribution in [0.15, 0.2) is 23.7 Å². The zero-order valence-electron chi connectivity index (χ0n) is 12.4. The van der Waals surface area contributed by atoms with E-state index in [0.29, 0.717) is 6.54 Å². The Morgan fingerprint density at radius 3 is 3.00 bits per heavy atom. The molecule has 0 bridgehead atoms. The maximum absolute atomic E-state index is 9.65. The van der Waals surface area contributed by atoms with Gasteiger partial charge in [0.1, 0.15) is 5.82 Å². The van der Waals surface area contributed by atoms with E-state index in [1.165, 1.54) is 10.4 Å². The van der Waals surface area contributed by atoms with Crippen molar-refractivity contribution in [1.29, 1.82) is 0 Å². The zero-order valence-corrected chi connectivity index (χ0v) is 13.2. The van der Waals surface area contributed by atoms with E-state index in [-0.39, 0.29) is 6.10 Å². The fraction of sp³-hybridized carbons (Fsp3) is 0.467. The van der Waals surface area contributed by atoms with E-state index in [4.69, 9.17) is 0 Å². The second-order valence-corrected chi connectivity index (χ2v) is 6.49. The summed E-state index contributed by atoms with van der Waals surface area (Å²) in [6.07, 6.45) is 2.36. The van der Waals surface area contributed by atoms with Crippen LogP contribution in [0, 0.1) is 6.92 Å². The zero-order chi connectivity index (χ0) is 14.8. The number of nitrogens with zero attached hydrogens (tertiary/aromatic N) is 4. The lowest BCUT2D eigenvalue weighted by Gasteiger charge is -2.20. The van der Waals surface area contributed by atoms with Crippen LogP contribution in [0.3, 0.4) is 0 Å². The smallest absolute Gasteiger partial charge is 0.227 e. The standard InChI is InChI=1S/C15H20N4OS/c1-11-5-8-21-13(11)10-18(2)15-16-6-3-14(17-15)19-7-4-12(20)9-19/h3,5-6,8,12,20H,4,7,9-10H2,1-2H3/t12-/m1/s1. The van der Waals surface area contributed by atoms with Crippen molar-refractivity contribution in [3.05, 3.63) is 34.2 Å². The largest absolute Gasteiger partial charge is 0.391 e. The highest BCUT2D eigenvalue weighted by atomic mass is 32.1. The lowest BCUT2D eigenvalue weighted by Crippen LogP contribution is -2.24. The Bertz CT molecular complexity index is 615. The highest BCUT2D eigenvalue weighted by Crippen LogP contribution is 2.22. The summed E-state index contributed by atoms with van der Waals surface area (Å²) >= 11 is 1.76. The number of aliphatic hydroxyl groups excluding tert-OH is 1. The van der Waals surface area contributed by atoms with Gasteiger partial charge < -0.3 is 14.9 Å². The molecule has 1 fully saturated rings. The molecule has 21 heavy (non-hydrogen) atoms. The minimum Gasteiger partial charge on any atom is -0.391 e. The maximum atomic E-state index is 9.65. The Kier molecular flexibility index (Phi) is 4.07. The van der Waals surface area contributed by atoms with E-state index >= 15 is 0 Å². The van der Waals surface area contributed by atoms with Crippen LogP contribution in [0.1, 0.15) is 16.9 Å². The molecule has 5 nitrogen and oxygen atoms in total. The summed E-state index contributed by atoms with van der Waals surface area (Å²) in [6, 6.07) is 4.04. The SMILES string of the molecule is Cc1ccsc1CN(C)c1nccc(N2CC[C@@H](O)C2)n1. The summed E-state index contributed by atoms with van der Waals surface area (Å²) in [5.74, 6) is 1.62.